The van der Waals surface area contributed by atoms with Crippen LogP contribution in [0, 0.1) is 5.92 Å². The highest BCUT2D eigenvalue weighted by molar-refractivity contribution is 6.42. The first-order valence-corrected chi connectivity index (χ1v) is 8.44. The second kappa shape index (κ2) is 7.83. The lowest BCUT2D eigenvalue weighted by Crippen LogP contribution is -2.28. The number of hydrogen-bond donors (Lipinski definition) is 2. The van der Waals surface area contributed by atoms with Crippen LogP contribution in [0.1, 0.15) is 12.8 Å². The van der Waals surface area contributed by atoms with Crippen molar-refractivity contribution in [1.82, 2.24) is 4.98 Å². The molecule has 1 aromatic carbocycles. The molecule has 24 heavy (non-hydrogen) atoms. The van der Waals surface area contributed by atoms with Gasteiger partial charge in [0.15, 0.2) is 0 Å². The summed E-state index contributed by atoms with van der Waals surface area (Å²) in [5, 5.41) is 7.00. The van der Waals surface area contributed by atoms with Crippen LogP contribution in [-0.2, 0) is 9.53 Å². The molecule has 5 nitrogen and oxygen atoms in total. The maximum Gasteiger partial charge on any atom is 0.227 e. The Hall–Kier alpha value is -1.82. The van der Waals surface area contributed by atoms with Gasteiger partial charge in [-0.05, 0) is 43.2 Å². The fourth-order valence-electron chi connectivity index (χ4n) is 2.47. The minimum absolute atomic E-state index is 0.00719. The molecule has 1 aliphatic heterocycles. The molecule has 1 fully saturated rings. The number of nitrogens with one attached hydrogen (secondary N) is 2. The van der Waals surface area contributed by atoms with Gasteiger partial charge in [0.25, 0.3) is 0 Å². The Balaban J connectivity index is 1.60. The van der Waals surface area contributed by atoms with Crippen LogP contribution in [0.4, 0.5) is 17.2 Å². The summed E-state index contributed by atoms with van der Waals surface area (Å²) in [6.45, 7) is 1.28. The van der Waals surface area contributed by atoms with Crippen molar-refractivity contribution in [2.45, 2.75) is 12.8 Å². The lowest BCUT2D eigenvalue weighted by atomic mass is 9.99. The maximum atomic E-state index is 12.2. The fraction of sp³-hybridized carbons (Fsp3) is 0.294. The minimum Gasteiger partial charge on any atom is -0.381 e. The molecule has 0 atom stereocenters. The number of pyridine rings is 1. The van der Waals surface area contributed by atoms with E-state index in [2.05, 4.69) is 15.6 Å². The van der Waals surface area contributed by atoms with Crippen LogP contribution in [0.25, 0.3) is 0 Å². The average Bonchev–Trinajstić information content (AvgIpc) is 2.61. The van der Waals surface area contributed by atoms with Gasteiger partial charge in [0.05, 0.1) is 21.9 Å². The highest BCUT2D eigenvalue weighted by atomic mass is 35.5. The van der Waals surface area contributed by atoms with E-state index in [4.69, 9.17) is 27.9 Å². The standard InChI is InChI=1S/C17H17Cl2N3O2/c18-14-3-1-12(9-15(14)19)21-16-4-2-13(10-20-16)22-17(23)11-5-7-24-8-6-11/h1-4,9-11H,5-8H2,(H,20,21)(H,22,23). The van der Waals surface area contributed by atoms with Gasteiger partial charge in [-0.25, -0.2) is 4.98 Å². The van der Waals surface area contributed by atoms with Crippen LogP contribution in [0.15, 0.2) is 36.5 Å². The zero-order chi connectivity index (χ0) is 16.9. The molecule has 7 heteroatoms. The summed E-state index contributed by atoms with van der Waals surface area (Å²) < 4.78 is 5.27. The van der Waals surface area contributed by atoms with E-state index in [1.165, 1.54) is 0 Å². The third-order valence-corrected chi connectivity index (χ3v) is 4.55. The predicted octanol–water partition coefficient (Wildman–Crippen LogP) is 4.50. The molecule has 0 unspecified atom stereocenters. The van der Waals surface area contributed by atoms with E-state index in [1.54, 1.807) is 24.4 Å². The van der Waals surface area contributed by atoms with Crippen molar-refractivity contribution in [3.63, 3.8) is 0 Å². The van der Waals surface area contributed by atoms with Crippen LogP contribution < -0.4 is 10.6 Å². The predicted molar refractivity (Wildman–Crippen MR) is 96.2 cm³/mol. The first kappa shape index (κ1) is 17.0. The first-order valence-electron chi connectivity index (χ1n) is 7.68. The molecule has 2 aromatic rings. The number of ether oxygens (including phenoxy) is 1. The molecule has 0 radical (unpaired) electrons. The SMILES string of the molecule is O=C(Nc1ccc(Nc2ccc(Cl)c(Cl)c2)nc1)C1CCOCC1. The Morgan fingerprint density at radius 2 is 1.83 bits per heavy atom. The third-order valence-electron chi connectivity index (χ3n) is 3.82. The second-order valence-corrected chi connectivity index (χ2v) is 6.38. The molecule has 2 heterocycles. The zero-order valence-electron chi connectivity index (χ0n) is 12.9. The summed E-state index contributed by atoms with van der Waals surface area (Å²) in [4.78, 5) is 16.5. The number of aromatic nitrogens is 1. The quantitative estimate of drug-likeness (QED) is 0.837. The molecule has 1 aliphatic rings. The Morgan fingerprint density at radius 1 is 1.08 bits per heavy atom. The summed E-state index contributed by atoms with van der Waals surface area (Å²) in [6.07, 6.45) is 3.14. The number of amides is 1. The van der Waals surface area contributed by atoms with E-state index in [1.807, 2.05) is 12.1 Å². The van der Waals surface area contributed by atoms with Crippen molar-refractivity contribution in [2.75, 3.05) is 23.8 Å². The number of anilines is 3. The number of rotatable bonds is 4. The van der Waals surface area contributed by atoms with Crippen molar-refractivity contribution in [1.29, 1.82) is 0 Å². The molecule has 0 saturated carbocycles. The van der Waals surface area contributed by atoms with E-state index in [0.717, 1.165) is 18.5 Å². The molecular weight excluding hydrogens is 349 g/mol. The highest BCUT2D eigenvalue weighted by Gasteiger charge is 2.21. The van der Waals surface area contributed by atoms with Gasteiger partial charge in [-0.2, -0.15) is 0 Å². The Bertz CT molecular complexity index is 716. The zero-order valence-corrected chi connectivity index (χ0v) is 14.4. The lowest BCUT2D eigenvalue weighted by molar-refractivity contribution is -0.122. The van der Waals surface area contributed by atoms with Gasteiger partial charge in [-0.15, -0.1) is 0 Å². The van der Waals surface area contributed by atoms with E-state index in [-0.39, 0.29) is 11.8 Å². The van der Waals surface area contributed by atoms with Crippen molar-refractivity contribution in [2.24, 2.45) is 5.92 Å². The van der Waals surface area contributed by atoms with Gasteiger partial charge in [-0.3, -0.25) is 4.79 Å². The van der Waals surface area contributed by atoms with E-state index in [9.17, 15) is 4.79 Å². The molecule has 0 spiro atoms. The number of nitrogens with zero attached hydrogens (tertiary/aromatic N) is 1. The van der Waals surface area contributed by atoms with Gasteiger partial charge >= 0.3 is 0 Å². The summed E-state index contributed by atoms with van der Waals surface area (Å²) in [7, 11) is 0. The smallest absolute Gasteiger partial charge is 0.227 e. The maximum absolute atomic E-state index is 12.2. The topological polar surface area (TPSA) is 63.2 Å². The van der Waals surface area contributed by atoms with Gasteiger partial charge in [0.1, 0.15) is 5.82 Å². The summed E-state index contributed by atoms with van der Waals surface area (Å²) in [5.41, 5.74) is 1.46. The molecule has 3 rings (SSSR count). The van der Waals surface area contributed by atoms with Gasteiger partial charge in [0, 0.05) is 24.8 Å². The Morgan fingerprint density at radius 3 is 2.50 bits per heavy atom. The van der Waals surface area contributed by atoms with Crippen LogP contribution in [0.3, 0.4) is 0 Å². The van der Waals surface area contributed by atoms with E-state index < -0.39 is 0 Å². The summed E-state index contributed by atoms with van der Waals surface area (Å²) >= 11 is 11.9. The molecule has 0 aliphatic carbocycles. The average molecular weight is 366 g/mol. The number of benzene rings is 1. The highest BCUT2D eigenvalue weighted by Crippen LogP contribution is 2.26. The number of hydrogen-bond acceptors (Lipinski definition) is 4. The molecular formula is C17H17Cl2N3O2. The van der Waals surface area contributed by atoms with Crippen molar-refractivity contribution in [3.05, 3.63) is 46.6 Å². The van der Waals surface area contributed by atoms with Crippen LogP contribution >= 0.6 is 23.2 Å². The Labute approximate surface area is 150 Å². The molecule has 126 valence electrons. The minimum atomic E-state index is 0.00719. The lowest BCUT2D eigenvalue weighted by Gasteiger charge is -2.21. The second-order valence-electron chi connectivity index (χ2n) is 5.56. The Kier molecular flexibility index (Phi) is 5.56. The van der Waals surface area contributed by atoms with Gasteiger partial charge in [-0.1, -0.05) is 23.2 Å². The molecule has 1 aromatic heterocycles. The monoisotopic (exact) mass is 365 g/mol. The number of halogens is 2. The van der Waals surface area contributed by atoms with Crippen molar-refractivity contribution < 1.29 is 9.53 Å². The molecule has 1 saturated heterocycles. The van der Waals surface area contributed by atoms with Gasteiger partial charge in [0.2, 0.25) is 5.91 Å². The number of carbonyl (C=O) groups is 1. The largest absolute Gasteiger partial charge is 0.381 e. The molecule has 2 N–H and O–H groups in total. The molecule has 0 bridgehead atoms. The van der Waals surface area contributed by atoms with Crippen LogP contribution in [0.5, 0.6) is 0 Å². The fourth-order valence-corrected chi connectivity index (χ4v) is 2.77. The van der Waals surface area contributed by atoms with E-state index in [0.29, 0.717) is 34.8 Å². The summed E-state index contributed by atoms with van der Waals surface area (Å²) in [6, 6.07) is 8.87. The van der Waals surface area contributed by atoms with Crippen molar-refractivity contribution in [3.8, 4) is 0 Å². The van der Waals surface area contributed by atoms with Crippen LogP contribution in [0.2, 0.25) is 10.0 Å². The third kappa shape index (κ3) is 4.38. The molecule has 1 amide bonds. The summed E-state index contributed by atoms with van der Waals surface area (Å²) in [5.74, 6) is 0.676. The van der Waals surface area contributed by atoms with Crippen LogP contribution in [-0.4, -0.2) is 24.1 Å². The van der Waals surface area contributed by atoms with Gasteiger partial charge < -0.3 is 15.4 Å². The van der Waals surface area contributed by atoms with E-state index >= 15 is 0 Å². The first-order chi connectivity index (χ1) is 11.6. The normalized spacial score (nSPS) is 15.1. The van der Waals surface area contributed by atoms with Crippen molar-refractivity contribution >= 4 is 46.3 Å². The number of carbonyl (C=O) groups excluding carboxylic acids is 1.